The molecule has 2 aromatic carbocycles. The summed E-state index contributed by atoms with van der Waals surface area (Å²) in [7, 11) is 0. The lowest BCUT2D eigenvalue weighted by molar-refractivity contribution is 0.0945. The number of amides is 1. The minimum atomic E-state index is -0.213. The van der Waals surface area contributed by atoms with Gasteiger partial charge in [-0.05, 0) is 23.6 Å². The van der Waals surface area contributed by atoms with Crippen LogP contribution in [-0.4, -0.2) is 33.5 Å². The number of aromatic nitrogens is 3. The van der Waals surface area contributed by atoms with Gasteiger partial charge in [-0.15, -0.1) is 5.10 Å². The summed E-state index contributed by atoms with van der Waals surface area (Å²) in [6.07, 6.45) is 1.68. The van der Waals surface area contributed by atoms with Crippen molar-refractivity contribution in [1.29, 1.82) is 0 Å². The zero-order valence-corrected chi connectivity index (χ0v) is 15.7. The van der Waals surface area contributed by atoms with Crippen LogP contribution in [-0.2, 0) is 6.54 Å². The van der Waals surface area contributed by atoms with E-state index >= 15 is 0 Å². The summed E-state index contributed by atoms with van der Waals surface area (Å²) in [5.74, 6) is 0.147. The first-order chi connectivity index (χ1) is 13.1. The third kappa shape index (κ3) is 5.41. The summed E-state index contributed by atoms with van der Waals surface area (Å²) < 4.78 is 1.67. The zero-order valence-electron chi connectivity index (χ0n) is 15.7. The molecule has 0 aliphatic heterocycles. The molecule has 6 nitrogen and oxygen atoms in total. The van der Waals surface area contributed by atoms with Crippen molar-refractivity contribution in [3.63, 3.8) is 0 Å². The Kier molecular flexibility index (Phi) is 6.20. The molecule has 0 radical (unpaired) electrons. The summed E-state index contributed by atoms with van der Waals surface area (Å²) in [5, 5.41) is 14.5. The SMILES string of the molecule is CC(C)C(CNC(=O)c1cn(Cc2ccccc2)nn1)Nc1ccccc1. The maximum absolute atomic E-state index is 12.4. The van der Waals surface area contributed by atoms with E-state index in [9.17, 15) is 4.79 Å². The summed E-state index contributed by atoms with van der Waals surface area (Å²) in [6, 6.07) is 20.1. The van der Waals surface area contributed by atoms with Crippen LogP contribution < -0.4 is 10.6 Å². The molecule has 0 aliphatic rings. The van der Waals surface area contributed by atoms with E-state index in [1.54, 1.807) is 10.9 Å². The van der Waals surface area contributed by atoms with Gasteiger partial charge < -0.3 is 10.6 Å². The summed E-state index contributed by atoms with van der Waals surface area (Å²) in [4.78, 5) is 12.4. The maximum Gasteiger partial charge on any atom is 0.273 e. The van der Waals surface area contributed by atoms with Crippen molar-refractivity contribution in [3.8, 4) is 0 Å². The van der Waals surface area contributed by atoms with Crippen molar-refractivity contribution >= 4 is 11.6 Å². The van der Waals surface area contributed by atoms with Crippen LogP contribution in [0.4, 0.5) is 5.69 Å². The summed E-state index contributed by atoms with van der Waals surface area (Å²) in [6.45, 7) is 5.36. The molecule has 3 rings (SSSR count). The number of nitrogens with one attached hydrogen (secondary N) is 2. The van der Waals surface area contributed by atoms with E-state index in [2.05, 4.69) is 34.8 Å². The third-order valence-corrected chi connectivity index (χ3v) is 4.37. The minimum Gasteiger partial charge on any atom is -0.380 e. The molecule has 3 aromatic rings. The fraction of sp³-hybridized carbons (Fsp3) is 0.286. The van der Waals surface area contributed by atoms with E-state index in [0.29, 0.717) is 24.7 Å². The molecule has 1 atom stereocenters. The standard InChI is InChI=1S/C21H25N5O/c1-16(2)19(23-18-11-7-4-8-12-18)13-22-21(27)20-15-26(25-24-20)14-17-9-5-3-6-10-17/h3-12,15-16,19,23H,13-14H2,1-2H3,(H,22,27). The molecule has 0 saturated carbocycles. The molecule has 140 valence electrons. The highest BCUT2D eigenvalue weighted by Gasteiger charge is 2.17. The number of anilines is 1. The van der Waals surface area contributed by atoms with Crippen LogP contribution in [0.25, 0.3) is 0 Å². The Bertz CT molecular complexity index is 845. The van der Waals surface area contributed by atoms with Crippen LogP contribution in [0.5, 0.6) is 0 Å². The fourth-order valence-corrected chi connectivity index (χ4v) is 2.75. The first kappa shape index (κ1) is 18.6. The van der Waals surface area contributed by atoms with Gasteiger partial charge in [0.1, 0.15) is 0 Å². The summed E-state index contributed by atoms with van der Waals surface area (Å²) in [5.41, 5.74) is 2.48. The van der Waals surface area contributed by atoms with E-state index in [-0.39, 0.29) is 11.9 Å². The predicted molar refractivity (Wildman–Crippen MR) is 107 cm³/mol. The summed E-state index contributed by atoms with van der Waals surface area (Å²) >= 11 is 0. The molecule has 0 saturated heterocycles. The van der Waals surface area contributed by atoms with Crippen LogP contribution >= 0.6 is 0 Å². The smallest absolute Gasteiger partial charge is 0.273 e. The highest BCUT2D eigenvalue weighted by molar-refractivity contribution is 5.91. The molecule has 0 fully saturated rings. The van der Waals surface area contributed by atoms with Gasteiger partial charge >= 0.3 is 0 Å². The molecule has 6 heteroatoms. The fourth-order valence-electron chi connectivity index (χ4n) is 2.75. The second-order valence-electron chi connectivity index (χ2n) is 6.86. The number of hydrogen-bond donors (Lipinski definition) is 2. The number of nitrogens with zero attached hydrogens (tertiary/aromatic N) is 3. The zero-order chi connectivity index (χ0) is 19.1. The Morgan fingerprint density at radius 1 is 1.04 bits per heavy atom. The molecule has 0 aliphatic carbocycles. The van der Waals surface area contributed by atoms with Gasteiger partial charge in [0.05, 0.1) is 12.7 Å². The minimum absolute atomic E-state index is 0.121. The number of carbonyl (C=O) groups is 1. The Hall–Kier alpha value is -3.15. The number of benzene rings is 2. The largest absolute Gasteiger partial charge is 0.380 e. The molecule has 2 N–H and O–H groups in total. The number of hydrogen-bond acceptors (Lipinski definition) is 4. The van der Waals surface area contributed by atoms with Crippen molar-refractivity contribution < 1.29 is 4.79 Å². The number of carbonyl (C=O) groups excluding carboxylic acids is 1. The topological polar surface area (TPSA) is 71.8 Å². The molecule has 0 bridgehead atoms. The highest BCUT2D eigenvalue weighted by atomic mass is 16.2. The predicted octanol–water partition coefficient (Wildman–Crippen LogP) is 3.19. The molecule has 1 unspecified atom stereocenters. The molecule has 1 heterocycles. The Morgan fingerprint density at radius 2 is 1.70 bits per heavy atom. The van der Waals surface area contributed by atoms with Gasteiger partial charge in [-0.1, -0.05) is 67.6 Å². The van der Waals surface area contributed by atoms with Gasteiger partial charge in [-0.3, -0.25) is 4.79 Å². The van der Waals surface area contributed by atoms with E-state index in [1.165, 1.54) is 0 Å². The number of para-hydroxylation sites is 1. The first-order valence-electron chi connectivity index (χ1n) is 9.15. The Morgan fingerprint density at radius 3 is 2.37 bits per heavy atom. The van der Waals surface area contributed by atoms with Gasteiger partial charge in [0.15, 0.2) is 5.69 Å². The number of rotatable bonds is 8. The van der Waals surface area contributed by atoms with Crippen molar-refractivity contribution in [3.05, 3.63) is 78.1 Å². The second-order valence-corrected chi connectivity index (χ2v) is 6.86. The van der Waals surface area contributed by atoms with E-state index < -0.39 is 0 Å². The Labute approximate surface area is 159 Å². The van der Waals surface area contributed by atoms with Crippen molar-refractivity contribution in [1.82, 2.24) is 20.3 Å². The normalized spacial score (nSPS) is 12.0. The van der Waals surface area contributed by atoms with Crippen LogP contribution in [0.2, 0.25) is 0 Å². The quantitative estimate of drug-likeness (QED) is 0.645. The lowest BCUT2D eigenvalue weighted by Crippen LogP contribution is -2.39. The second kappa shape index (κ2) is 8.98. The van der Waals surface area contributed by atoms with E-state index in [0.717, 1.165) is 11.3 Å². The molecular weight excluding hydrogens is 338 g/mol. The van der Waals surface area contributed by atoms with Gasteiger partial charge in [0.2, 0.25) is 0 Å². The Balaban J connectivity index is 1.56. The van der Waals surface area contributed by atoms with Gasteiger partial charge in [0, 0.05) is 18.3 Å². The lowest BCUT2D eigenvalue weighted by atomic mass is 10.0. The van der Waals surface area contributed by atoms with E-state index in [1.807, 2.05) is 60.7 Å². The lowest BCUT2D eigenvalue weighted by Gasteiger charge is -2.23. The van der Waals surface area contributed by atoms with Crippen LogP contribution in [0, 0.1) is 5.92 Å². The van der Waals surface area contributed by atoms with E-state index in [4.69, 9.17) is 0 Å². The third-order valence-electron chi connectivity index (χ3n) is 4.37. The van der Waals surface area contributed by atoms with Crippen molar-refractivity contribution in [2.75, 3.05) is 11.9 Å². The highest BCUT2D eigenvalue weighted by Crippen LogP contribution is 2.12. The van der Waals surface area contributed by atoms with Crippen LogP contribution in [0.15, 0.2) is 66.9 Å². The van der Waals surface area contributed by atoms with Crippen LogP contribution in [0.1, 0.15) is 29.9 Å². The van der Waals surface area contributed by atoms with Gasteiger partial charge in [-0.2, -0.15) is 0 Å². The van der Waals surface area contributed by atoms with Crippen LogP contribution in [0.3, 0.4) is 0 Å². The van der Waals surface area contributed by atoms with Gasteiger partial charge in [0.25, 0.3) is 5.91 Å². The monoisotopic (exact) mass is 363 g/mol. The molecule has 1 amide bonds. The van der Waals surface area contributed by atoms with Crippen molar-refractivity contribution in [2.45, 2.75) is 26.4 Å². The molecular formula is C21H25N5O. The molecule has 0 spiro atoms. The average Bonchev–Trinajstić information content (AvgIpc) is 3.15. The first-order valence-corrected chi connectivity index (χ1v) is 9.15. The average molecular weight is 363 g/mol. The molecule has 1 aromatic heterocycles. The van der Waals surface area contributed by atoms with Crippen molar-refractivity contribution in [2.24, 2.45) is 5.92 Å². The molecule has 27 heavy (non-hydrogen) atoms. The van der Waals surface area contributed by atoms with Gasteiger partial charge in [-0.25, -0.2) is 4.68 Å². The maximum atomic E-state index is 12.4.